The summed E-state index contributed by atoms with van der Waals surface area (Å²) in [7, 11) is 2.84. The molecule has 1 heterocycles. The molecule has 130 valence electrons. The molecule has 0 aromatic heterocycles. The second kappa shape index (κ2) is 8.32. The number of aliphatic carboxylic acids is 1. The molecular formula is C17H21NO5S. The highest BCUT2D eigenvalue weighted by molar-refractivity contribution is 7.79. The van der Waals surface area contributed by atoms with Crippen LogP contribution in [0.5, 0.6) is 0 Å². The summed E-state index contributed by atoms with van der Waals surface area (Å²) in [4.78, 5) is 25.7. The van der Waals surface area contributed by atoms with Crippen molar-refractivity contribution in [3.8, 4) is 0 Å². The maximum atomic E-state index is 12.2. The molecule has 1 aliphatic rings. The summed E-state index contributed by atoms with van der Waals surface area (Å²) in [5, 5.41) is 11.1. The summed E-state index contributed by atoms with van der Waals surface area (Å²) in [5.74, 6) is -1.93. The molecule has 7 heteroatoms. The van der Waals surface area contributed by atoms with Crippen LogP contribution in [0.15, 0.2) is 30.3 Å². The predicted molar refractivity (Wildman–Crippen MR) is 91.9 cm³/mol. The van der Waals surface area contributed by atoms with Gasteiger partial charge in [-0.25, -0.2) is 0 Å². The van der Waals surface area contributed by atoms with E-state index in [2.05, 4.69) is 0 Å². The van der Waals surface area contributed by atoms with E-state index in [0.717, 1.165) is 5.56 Å². The van der Waals surface area contributed by atoms with Gasteiger partial charge in [0.1, 0.15) is 6.04 Å². The third-order valence-corrected chi connectivity index (χ3v) is 4.69. The number of hydrogen-bond acceptors (Lipinski definition) is 6. The molecule has 3 unspecified atom stereocenters. The number of ether oxygens (including phenoxy) is 2. The molecule has 1 fully saturated rings. The van der Waals surface area contributed by atoms with Gasteiger partial charge in [-0.3, -0.25) is 14.5 Å². The molecule has 1 saturated heterocycles. The number of thiocarbonyl (C=S) groups is 1. The van der Waals surface area contributed by atoms with Crippen molar-refractivity contribution in [2.24, 2.45) is 5.92 Å². The van der Waals surface area contributed by atoms with Crippen LogP contribution in [0.25, 0.3) is 0 Å². The van der Waals surface area contributed by atoms with Crippen LogP contribution >= 0.6 is 12.2 Å². The Labute approximate surface area is 146 Å². The molecule has 0 radical (unpaired) electrons. The standard InChI is InChI=1S/C17H21NO5S/c1-22-12(10-24)9-18-14(16(19)20)8-13(17(21)23-2)15(18)11-6-4-3-5-7-11/h3-7,10,12-15H,8-9H2,1-2H3,(H,19,20)/t12-,13?,14?,15?/m0/s1. The molecule has 1 aromatic carbocycles. The van der Waals surface area contributed by atoms with Crippen molar-refractivity contribution in [1.29, 1.82) is 0 Å². The van der Waals surface area contributed by atoms with Gasteiger partial charge in [-0.1, -0.05) is 42.5 Å². The fourth-order valence-corrected chi connectivity index (χ4v) is 3.44. The molecule has 0 bridgehead atoms. The van der Waals surface area contributed by atoms with Gasteiger partial charge in [-0.15, -0.1) is 0 Å². The lowest BCUT2D eigenvalue weighted by Crippen LogP contribution is -2.43. The minimum absolute atomic E-state index is 0.190. The average Bonchev–Trinajstić information content (AvgIpc) is 2.99. The Morgan fingerprint density at radius 1 is 1.38 bits per heavy atom. The van der Waals surface area contributed by atoms with E-state index in [1.165, 1.54) is 19.6 Å². The van der Waals surface area contributed by atoms with Crippen LogP contribution in [0.3, 0.4) is 0 Å². The highest BCUT2D eigenvalue weighted by Crippen LogP contribution is 2.41. The summed E-state index contributed by atoms with van der Waals surface area (Å²) in [6, 6.07) is 8.18. The van der Waals surface area contributed by atoms with E-state index in [4.69, 9.17) is 21.7 Å². The zero-order valence-electron chi connectivity index (χ0n) is 13.6. The number of benzene rings is 1. The van der Waals surface area contributed by atoms with Crippen LogP contribution < -0.4 is 0 Å². The number of carbonyl (C=O) groups excluding carboxylic acids is 1. The van der Waals surface area contributed by atoms with Gasteiger partial charge >= 0.3 is 11.9 Å². The number of carboxylic acid groups (broad SMARTS) is 1. The fraction of sp³-hybridized carbons (Fsp3) is 0.471. The van der Waals surface area contributed by atoms with Gasteiger partial charge in [-0.2, -0.15) is 0 Å². The van der Waals surface area contributed by atoms with Crippen molar-refractivity contribution >= 4 is 29.5 Å². The number of methoxy groups -OCH3 is 2. The maximum absolute atomic E-state index is 12.2. The summed E-state index contributed by atoms with van der Waals surface area (Å²) in [6.45, 7) is 0.296. The van der Waals surface area contributed by atoms with E-state index >= 15 is 0 Å². The van der Waals surface area contributed by atoms with E-state index < -0.39 is 36.0 Å². The highest BCUT2D eigenvalue weighted by Gasteiger charge is 2.49. The molecular weight excluding hydrogens is 330 g/mol. The Kier molecular flexibility index (Phi) is 6.42. The van der Waals surface area contributed by atoms with Crippen LogP contribution in [0, 0.1) is 5.92 Å². The van der Waals surface area contributed by atoms with Gasteiger partial charge in [0.2, 0.25) is 0 Å². The Morgan fingerprint density at radius 3 is 2.54 bits per heavy atom. The zero-order valence-corrected chi connectivity index (χ0v) is 14.4. The van der Waals surface area contributed by atoms with E-state index in [1.54, 1.807) is 4.90 Å². The third-order valence-electron chi connectivity index (χ3n) is 4.39. The number of carboxylic acids is 1. The number of rotatable bonds is 7. The Balaban J connectivity index is 2.43. The Morgan fingerprint density at radius 2 is 2.04 bits per heavy atom. The van der Waals surface area contributed by atoms with E-state index in [9.17, 15) is 14.7 Å². The molecule has 1 aliphatic heterocycles. The topological polar surface area (TPSA) is 76.1 Å². The minimum Gasteiger partial charge on any atom is -0.480 e. The average molecular weight is 351 g/mol. The van der Waals surface area contributed by atoms with Gasteiger partial charge < -0.3 is 14.6 Å². The lowest BCUT2D eigenvalue weighted by atomic mass is 9.93. The second-order valence-corrected chi connectivity index (χ2v) is 5.95. The van der Waals surface area contributed by atoms with Crippen LogP contribution in [-0.2, 0) is 19.1 Å². The number of carbonyl (C=O) groups is 2. The van der Waals surface area contributed by atoms with Crippen molar-refractivity contribution in [2.45, 2.75) is 24.6 Å². The first-order valence-electron chi connectivity index (χ1n) is 7.62. The first-order chi connectivity index (χ1) is 11.5. The number of esters is 1. The lowest BCUT2D eigenvalue weighted by molar-refractivity contribution is -0.146. The van der Waals surface area contributed by atoms with Crippen LogP contribution in [-0.4, -0.2) is 60.2 Å². The SMILES string of the molecule is COC(=O)C1CC(C(=O)O)N(C[C@@H](C=S)OC)C1c1ccccc1. The fourth-order valence-electron chi connectivity index (χ4n) is 3.24. The van der Waals surface area contributed by atoms with Gasteiger partial charge in [0.05, 0.1) is 19.1 Å². The van der Waals surface area contributed by atoms with Gasteiger partial charge in [-0.05, 0) is 12.0 Å². The summed E-state index contributed by atoms with van der Waals surface area (Å²) in [6.07, 6.45) is -0.209. The highest BCUT2D eigenvalue weighted by atomic mass is 32.1. The molecule has 0 aliphatic carbocycles. The van der Waals surface area contributed by atoms with Crippen molar-refractivity contribution in [3.05, 3.63) is 35.9 Å². The largest absolute Gasteiger partial charge is 0.480 e. The first-order valence-corrected chi connectivity index (χ1v) is 8.10. The summed E-state index contributed by atoms with van der Waals surface area (Å²) < 4.78 is 10.2. The van der Waals surface area contributed by atoms with Crippen molar-refractivity contribution < 1.29 is 24.2 Å². The molecule has 0 spiro atoms. The van der Waals surface area contributed by atoms with Crippen LogP contribution in [0.4, 0.5) is 0 Å². The van der Waals surface area contributed by atoms with E-state index in [-0.39, 0.29) is 6.42 Å². The molecule has 1 N–H and O–H groups in total. The molecule has 2 rings (SSSR count). The summed E-state index contributed by atoms with van der Waals surface area (Å²) in [5.41, 5.74) is 0.871. The first kappa shape index (κ1) is 18.5. The lowest BCUT2D eigenvalue weighted by Gasteiger charge is -2.31. The third kappa shape index (κ3) is 3.80. The quantitative estimate of drug-likeness (QED) is 0.592. The van der Waals surface area contributed by atoms with Crippen LogP contribution in [0.2, 0.25) is 0 Å². The normalized spacial score (nSPS) is 25.2. The number of likely N-dealkylation sites (tertiary alicyclic amines) is 1. The van der Waals surface area contributed by atoms with Crippen molar-refractivity contribution in [1.82, 2.24) is 4.90 Å². The second-order valence-electron chi connectivity index (χ2n) is 5.68. The monoisotopic (exact) mass is 351 g/mol. The smallest absolute Gasteiger partial charge is 0.320 e. The number of hydrogen-bond donors (Lipinski definition) is 1. The zero-order chi connectivity index (χ0) is 17.7. The molecule has 24 heavy (non-hydrogen) atoms. The Bertz CT molecular complexity index is 594. The minimum atomic E-state index is -0.971. The maximum Gasteiger partial charge on any atom is 0.320 e. The summed E-state index contributed by atoms with van der Waals surface area (Å²) >= 11 is 4.96. The molecule has 4 atom stereocenters. The van der Waals surface area contributed by atoms with E-state index in [0.29, 0.717) is 6.54 Å². The van der Waals surface area contributed by atoms with E-state index in [1.807, 2.05) is 30.3 Å². The molecule has 6 nitrogen and oxygen atoms in total. The molecule has 0 amide bonds. The van der Waals surface area contributed by atoms with Gasteiger partial charge in [0.15, 0.2) is 0 Å². The molecule has 0 saturated carbocycles. The molecule has 1 aromatic rings. The number of nitrogens with zero attached hydrogens (tertiary/aromatic N) is 1. The predicted octanol–water partition coefficient (Wildman–Crippen LogP) is 1.69. The van der Waals surface area contributed by atoms with Crippen molar-refractivity contribution in [3.63, 3.8) is 0 Å². The Hall–Kier alpha value is -1.83. The van der Waals surface area contributed by atoms with Crippen molar-refractivity contribution in [2.75, 3.05) is 20.8 Å². The van der Waals surface area contributed by atoms with Gasteiger partial charge in [0.25, 0.3) is 0 Å². The van der Waals surface area contributed by atoms with Gasteiger partial charge in [0, 0.05) is 25.1 Å². The van der Waals surface area contributed by atoms with Crippen LogP contribution in [0.1, 0.15) is 18.0 Å².